The number of carbonyl (C=O) groups is 3. The van der Waals surface area contributed by atoms with Gasteiger partial charge in [-0.25, -0.2) is 9.59 Å². The summed E-state index contributed by atoms with van der Waals surface area (Å²) < 4.78 is 6.44. The molecule has 4 rings (SSSR count). The topological polar surface area (TPSA) is 83.9 Å². The number of hydrogen-bond acceptors (Lipinski definition) is 4. The minimum atomic E-state index is -1.63. The van der Waals surface area contributed by atoms with E-state index in [2.05, 4.69) is 28.7 Å². The van der Waals surface area contributed by atoms with Crippen LogP contribution in [-0.2, 0) is 9.53 Å². The van der Waals surface area contributed by atoms with Gasteiger partial charge in [0, 0.05) is 22.1 Å². The number of hydrogen-bond donors (Lipinski definition) is 1. The van der Waals surface area contributed by atoms with Gasteiger partial charge in [-0.1, -0.05) is 54.6 Å². The van der Waals surface area contributed by atoms with Gasteiger partial charge in [0.15, 0.2) is 11.3 Å². The van der Waals surface area contributed by atoms with Crippen molar-refractivity contribution in [1.82, 2.24) is 4.90 Å². The summed E-state index contributed by atoms with van der Waals surface area (Å²) in [5.41, 5.74) is 2.03. The largest absolute Gasteiger partial charge is 0.479 e. The van der Waals surface area contributed by atoms with Crippen LogP contribution in [0.4, 0.5) is 4.79 Å². The van der Waals surface area contributed by atoms with Crippen LogP contribution in [0.2, 0.25) is 0 Å². The molecule has 1 heterocycles. The standard InChI is InChI=1S/C30H30INO5/c1-29(2,3)37-28(36)32-16-8-15-30(32,27(34)35)19-26(33)23-13-14-25(31)24(18-23)22-12-7-11-21(17-22)20-9-5-4-6-10-20/h4-7,9-14,17-18H,8,15-16,19H2,1-3H3,(H,34,35)/t30-/m0/s1. The zero-order chi connectivity index (χ0) is 26.8. The highest BCUT2D eigenvalue weighted by Gasteiger charge is 2.52. The van der Waals surface area contributed by atoms with Gasteiger partial charge >= 0.3 is 12.1 Å². The first kappa shape index (κ1) is 26.9. The number of rotatable bonds is 6. The number of nitrogens with zero attached hydrogens (tertiary/aromatic N) is 1. The van der Waals surface area contributed by atoms with Crippen LogP contribution in [0.1, 0.15) is 50.4 Å². The van der Waals surface area contributed by atoms with Crippen molar-refractivity contribution in [2.24, 2.45) is 0 Å². The number of likely N-dealkylation sites (tertiary alicyclic amines) is 1. The Balaban J connectivity index is 1.64. The van der Waals surface area contributed by atoms with Crippen LogP contribution in [-0.4, -0.2) is 45.5 Å². The lowest BCUT2D eigenvalue weighted by atomic mass is 9.87. The summed E-state index contributed by atoms with van der Waals surface area (Å²) in [5, 5.41) is 10.2. The third-order valence-corrected chi connectivity index (χ3v) is 7.46. The van der Waals surface area contributed by atoms with E-state index in [1.807, 2.05) is 60.7 Å². The second kappa shape index (κ2) is 10.7. The average Bonchev–Trinajstić information content (AvgIpc) is 3.29. The van der Waals surface area contributed by atoms with Crippen LogP contribution < -0.4 is 0 Å². The Bertz CT molecular complexity index is 1330. The number of carboxylic acid groups (broad SMARTS) is 1. The van der Waals surface area contributed by atoms with E-state index in [-0.39, 0.29) is 25.2 Å². The van der Waals surface area contributed by atoms with Crippen molar-refractivity contribution in [2.75, 3.05) is 6.54 Å². The normalized spacial score (nSPS) is 17.5. The first-order valence-electron chi connectivity index (χ1n) is 12.2. The van der Waals surface area contributed by atoms with Gasteiger partial charge in [0.2, 0.25) is 0 Å². The Morgan fingerprint density at radius 1 is 0.946 bits per heavy atom. The van der Waals surface area contributed by atoms with E-state index in [0.29, 0.717) is 12.0 Å². The minimum Gasteiger partial charge on any atom is -0.479 e. The molecule has 1 saturated heterocycles. The Kier molecular flexibility index (Phi) is 7.73. The van der Waals surface area contributed by atoms with Gasteiger partial charge in [0.25, 0.3) is 0 Å². The molecule has 37 heavy (non-hydrogen) atoms. The SMILES string of the molecule is CC(C)(C)OC(=O)N1CCC[C@]1(CC(=O)c1ccc(I)c(-c2cccc(-c3ccccc3)c2)c1)C(=O)O. The molecule has 1 N–H and O–H groups in total. The van der Waals surface area contributed by atoms with Crippen molar-refractivity contribution in [3.05, 3.63) is 81.9 Å². The van der Waals surface area contributed by atoms with Crippen molar-refractivity contribution < 1.29 is 24.2 Å². The van der Waals surface area contributed by atoms with Gasteiger partial charge in [-0.05, 0) is 96.7 Å². The Morgan fingerprint density at radius 3 is 2.30 bits per heavy atom. The Hall–Kier alpha value is -3.20. The van der Waals surface area contributed by atoms with Gasteiger partial charge in [-0.15, -0.1) is 0 Å². The van der Waals surface area contributed by atoms with Crippen molar-refractivity contribution in [2.45, 2.75) is 51.2 Å². The van der Waals surface area contributed by atoms with E-state index in [0.717, 1.165) is 25.8 Å². The molecule has 1 aliphatic rings. The lowest BCUT2D eigenvalue weighted by molar-refractivity contribution is -0.149. The average molecular weight is 611 g/mol. The second-order valence-corrected chi connectivity index (χ2v) is 11.5. The number of ketones is 1. The minimum absolute atomic E-state index is 0.198. The summed E-state index contributed by atoms with van der Waals surface area (Å²) in [6.45, 7) is 5.43. The van der Waals surface area contributed by atoms with E-state index in [4.69, 9.17) is 4.74 Å². The first-order chi connectivity index (χ1) is 17.5. The molecule has 0 aromatic heterocycles. The number of halogens is 1. The highest BCUT2D eigenvalue weighted by Crippen LogP contribution is 2.36. The molecular weight excluding hydrogens is 581 g/mol. The molecule has 0 spiro atoms. The summed E-state index contributed by atoms with van der Waals surface area (Å²) in [4.78, 5) is 40.1. The van der Waals surface area contributed by atoms with Gasteiger partial charge in [0.1, 0.15) is 5.60 Å². The Morgan fingerprint density at radius 2 is 1.62 bits per heavy atom. The molecular formula is C30H30INO5. The first-order valence-corrected chi connectivity index (χ1v) is 13.3. The molecule has 0 radical (unpaired) electrons. The fourth-order valence-corrected chi connectivity index (χ4v) is 5.37. The Labute approximate surface area is 230 Å². The summed E-state index contributed by atoms with van der Waals surface area (Å²) >= 11 is 2.24. The molecule has 0 bridgehead atoms. The molecule has 0 aliphatic carbocycles. The smallest absolute Gasteiger partial charge is 0.411 e. The summed E-state index contributed by atoms with van der Waals surface area (Å²) in [5.74, 6) is -1.51. The third-order valence-electron chi connectivity index (χ3n) is 6.52. The van der Waals surface area contributed by atoms with Gasteiger partial charge in [-0.3, -0.25) is 9.69 Å². The molecule has 0 saturated carbocycles. The van der Waals surface area contributed by atoms with Gasteiger partial charge < -0.3 is 9.84 Å². The number of ether oxygens (including phenoxy) is 1. The van der Waals surface area contributed by atoms with E-state index in [1.165, 1.54) is 4.90 Å². The maximum atomic E-state index is 13.5. The summed E-state index contributed by atoms with van der Waals surface area (Å²) in [6.07, 6.45) is -0.334. The molecule has 3 aromatic rings. The van der Waals surface area contributed by atoms with Gasteiger partial charge in [-0.2, -0.15) is 0 Å². The molecule has 1 fully saturated rings. The highest BCUT2D eigenvalue weighted by atomic mass is 127. The van der Waals surface area contributed by atoms with Crippen LogP contribution in [0.3, 0.4) is 0 Å². The zero-order valence-corrected chi connectivity index (χ0v) is 23.3. The van der Waals surface area contributed by atoms with Crippen LogP contribution in [0.15, 0.2) is 72.8 Å². The molecule has 1 aliphatic heterocycles. The van der Waals surface area contributed by atoms with Crippen LogP contribution in [0.5, 0.6) is 0 Å². The van der Waals surface area contributed by atoms with Crippen molar-refractivity contribution in [3.63, 3.8) is 0 Å². The molecule has 1 atom stereocenters. The van der Waals surface area contributed by atoms with E-state index >= 15 is 0 Å². The number of aliphatic carboxylic acids is 1. The predicted molar refractivity (Wildman–Crippen MR) is 152 cm³/mol. The quantitative estimate of drug-likeness (QED) is 0.239. The van der Waals surface area contributed by atoms with E-state index < -0.39 is 23.2 Å². The number of Topliss-reactive ketones (excluding diaryl/α,β-unsaturated/α-hetero) is 1. The van der Waals surface area contributed by atoms with Crippen LogP contribution in [0, 0.1) is 3.57 Å². The van der Waals surface area contributed by atoms with E-state index in [1.54, 1.807) is 26.8 Å². The van der Waals surface area contributed by atoms with Crippen molar-refractivity contribution in [1.29, 1.82) is 0 Å². The number of carboxylic acids is 1. The summed E-state index contributed by atoms with van der Waals surface area (Å²) in [7, 11) is 0. The molecule has 7 heteroatoms. The molecule has 192 valence electrons. The fourth-order valence-electron chi connectivity index (χ4n) is 4.73. The zero-order valence-electron chi connectivity index (χ0n) is 21.2. The number of benzene rings is 3. The van der Waals surface area contributed by atoms with Crippen molar-refractivity contribution in [3.8, 4) is 22.3 Å². The molecule has 0 unspecified atom stereocenters. The third kappa shape index (κ3) is 5.87. The predicted octanol–water partition coefficient (Wildman–Crippen LogP) is 7.05. The molecule has 1 amide bonds. The van der Waals surface area contributed by atoms with Crippen LogP contribution in [0.25, 0.3) is 22.3 Å². The van der Waals surface area contributed by atoms with Crippen LogP contribution >= 0.6 is 22.6 Å². The maximum absolute atomic E-state index is 13.5. The lowest BCUT2D eigenvalue weighted by Crippen LogP contribution is -2.55. The van der Waals surface area contributed by atoms with E-state index in [9.17, 15) is 19.5 Å². The fraction of sp³-hybridized carbons (Fsp3) is 0.300. The summed E-state index contributed by atoms with van der Waals surface area (Å²) in [6, 6.07) is 23.6. The number of carbonyl (C=O) groups excluding carboxylic acids is 2. The highest BCUT2D eigenvalue weighted by molar-refractivity contribution is 14.1. The number of amides is 1. The van der Waals surface area contributed by atoms with Crippen molar-refractivity contribution >= 4 is 40.4 Å². The van der Waals surface area contributed by atoms with Gasteiger partial charge in [0.05, 0.1) is 0 Å². The molecule has 3 aromatic carbocycles. The monoisotopic (exact) mass is 611 g/mol. The maximum Gasteiger partial charge on any atom is 0.411 e. The second-order valence-electron chi connectivity index (χ2n) is 10.3. The molecule has 6 nitrogen and oxygen atoms in total. The lowest BCUT2D eigenvalue weighted by Gasteiger charge is -2.35.